The Labute approximate surface area is 173 Å². The van der Waals surface area contributed by atoms with E-state index in [1.54, 1.807) is 24.3 Å². The molecular formula is C18H19I2NO4. The van der Waals surface area contributed by atoms with Crippen LogP contribution in [-0.2, 0) is 11.2 Å². The fourth-order valence-corrected chi connectivity index (χ4v) is 4.64. The Morgan fingerprint density at radius 2 is 1.76 bits per heavy atom. The van der Waals surface area contributed by atoms with Gasteiger partial charge in [-0.2, -0.15) is 0 Å². The lowest BCUT2D eigenvalue weighted by Gasteiger charge is -2.24. The van der Waals surface area contributed by atoms with E-state index in [4.69, 9.17) is 10.5 Å². The summed E-state index contributed by atoms with van der Waals surface area (Å²) in [7, 11) is 0. The topological polar surface area (TPSA) is 92.8 Å². The molecule has 2 aromatic rings. The van der Waals surface area contributed by atoms with Gasteiger partial charge in [0.05, 0.1) is 7.14 Å². The van der Waals surface area contributed by atoms with Gasteiger partial charge in [-0.3, -0.25) is 4.79 Å². The zero-order chi connectivity index (χ0) is 18.6. The number of benzene rings is 2. The number of halogens is 2. The summed E-state index contributed by atoms with van der Waals surface area (Å²) in [5.74, 6) is 0.509. The first-order chi connectivity index (χ1) is 11.7. The van der Waals surface area contributed by atoms with E-state index in [2.05, 4.69) is 45.2 Å². The second-order valence-electron chi connectivity index (χ2n) is 5.87. The summed E-state index contributed by atoms with van der Waals surface area (Å²) < 4.78 is 7.65. The van der Waals surface area contributed by atoms with E-state index in [1.807, 2.05) is 19.1 Å². The molecule has 2 rings (SSSR count). The molecule has 0 aliphatic rings. The summed E-state index contributed by atoms with van der Waals surface area (Å²) in [5, 5.41) is 18.8. The predicted molar refractivity (Wildman–Crippen MR) is 113 cm³/mol. The third-order valence-corrected chi connectivity index (χ3v) is 5.36. The maximum atomic E-state index is 11.5. The smallest absolute Gasteiger partial charge is 0.324 e. The van der Waals surface area contributed by atoms with Crippen LogP contribution in [0.2, 0.25) is 0 Å². The monoisotopic (exact) mass is 567 g/mol. The summed E-state index contributed by atoms with van der Waals surface area (Å²) in [6.45, 7) is 1.92. The Kier molecular flexibility index (Phi) is 6.92. The van der Waals surface area contributed by atoms with Crippen molar-refractivity contribution in [2.75, 3.05) is 0 Å². The van der Waals surface area contributed by atoms with Gasteiger partial charge in [-0.25, -0.2) is 0 Å². The maximum absolute atomic E-state index is 11.5. The van der Waals surface area contributed by atoms with Crippen LogP contribution in [0, 0.1) is 7.14 Å². The van der Waals surface area contributed by atoms with Crippen molar-refractivity contribution in [1.29, 1.82) is 0 Å². The van der Waals surface area contributed by atoms with E-state index in [1.165, 1.54) is 0 Å². The van der Waals surface area contributed by atoms with Gasteiger partial charge in [-0.05, 0) is 93.6 Å². The molecule has 0 aliphatic heterocycles. The van der Waals surface area contributed by atoms with Gasteiger partial charge in [-0.1, -0.05) is 13.3 Å². The first kappa shape index (κ1) is 20.2. The minimum Gasteiger partial charge on any atom is -0.508 e. The Bertz CT molecular complexity index is 741. The number of ether oxygens (including phenoxy) is 1. The summed E-state index contributed by atoms with van der Waals surface area (Å²) in [5.41, 5.74) is 5.70. The SMILES string of the molecule is CCC[C@](N)(Cc1cc(I)c(Oc2ccc(O)cc2)c(I)c1)C(=O)O. The van der Waals surface area contributed by atoms with Gasteiger partial charge in [0, 0.05) is 6.42 Å². The van der Waals surface area contributed by atoms with Gasteiger partial charge in [0.2, 0.25) is 0 Å². The number of hydrogen-bond acceptors (Lipinski definition) is 4. The highest BCUT2D eigenvalue weighted by atomic mass is 127. The zero-order valence-corrected chi connectivity index (χ0v) is 17.9. The first-order valence-corrected chi connectivity index (χ1v) is 9.88. The van der Waals surface area contributed by atoms with Crippen LogP contribution >= 0.6 is 45.2 Å². The molecule has 0 unspecified atom stereocenters. The predicted octanol–water partition coefficient (Wildman–Crippen LogP) is 4.52. The van der Waals surface area contributed by atoms with Crippen molar-refractivity contribution in [2.24, 2.45) is 5.73 Å². The lowest BCUT2D eigenvalue weighted by molar-refractivity contribution is -0.143. The van der Waals surface area contributed by atoms with Crippen LogP contribution in [0.15, 0.2) is 36.4 Å². The number of carbonyl (C=O) groups is 1. The zero-order valence-electron chi connectivity index (χ0n) is 13.6. The van der Waals surface area contributed by atoms with Crippen LogP contribution in [0.1, 0.15) is 25.3 Å². The molecule has 0 bridgehead atoms. The number of carboxylic acid groups (broad SMARTS) is 1. The lowest BCUT2D eigenvalue weighted by atomic mass is 9.87. The third-order valence-electron chi connectivity index (χ3n) is 3.76. The molecule has 1 atom stereocenters. The quantitative estimate of drug-likeness (QED) is 0.429. The molecule has 5 nitrogen and oxygen atoms in total. The van der Waals surface area contributed by atoms with Crippen LogP contribution in [0.5, 0.6) is 17.2 Å². The number of carboxylic acids is 1. The maximum Gasteiger partial charge on any atom is 0.324 e. The highest BCUT2D eigenvalue weighted by molar-refractivity contribution is 14.1. The average molecular weight is 567 g/mol. The largest absolute Gasteiger partial charge is 0.508 e. The minimum absolute atomic E-state index is 0.177. The van der Waals surface area contributed by atoms with E-state index in [0.29, 0.717) is 24.3 Å². The second kappa shape index (κ2) is 8.54. The van der Waals surface area contributed by atoms with Gasteiger partial charge < -0.3 is 20.7 Å². The molecule has 0 saturated heterocycles. The molecule has 25 heavy (non-hydrogen) atoms. The summed E-state index contributed by atoms with van der Waals surface area (Å²) in [6, 6.07) is 10.3. The van der Waals surface area contributed by atoms with Crippen LogP contribution in [0.25, 0.3) is 0 Å². The molecule has 0 amide bonds. The Morgan fingerprint density at radius 1 is 1.20 bits per heavy atom. The van der Waals surface area contributed by atoms with Crippen molar-refractivity contribution >= 4 is 51.2 Å². The molecular weight excluding hydrogens is 548 g/mol. The molecule has 0 saturated carbocycles. The van der Waals surface area contributed by atoms with Crippen LogP contribution < -0.4 is 10.5 Å². The third kappa shape index (κ3) is 5.20. The van der Waals surface area contributed by atoms with E-state index >= 15 is 0 Å². The summed E-state index contributed by atoms with van der Waals surface area (Å²) in [6.07, 6.45) is 1.39. The molecule has 0 aromatic heterocycles. The number of hydrogen-bond donors (Lipinski definition) is 3. The van der Waals surface area contributed by atoms with Crippen molar-refractivity contribution < 1.29 is 19.7 Å². The van der Waals surface area contributed by atoms with Crippen LogP contribution in [0.4, 0.5) is 0 Å². The van der Waals surface area contributed by atoms with Gasteiger partial charge in [0.25, 0.3) is 0 Å². The molecule has 7 heteroatoms. The highest BCUT2D eigenvalue weighted by Gasteiger charge is 2.33. The number of phenols is 1. The van der Waals surface area contributed by atoms with Crippen molar-refractivity contribution in [3.8, 4) is 17.2 Å². The molecule has 0 spiro atoms. The fraction of sp³-hybridized carbons (Fsp3) is 0.278. The van der Waals surface area contributed by atoms with Gasteiger partial charge in [-0.15, -0.1) is 0 Å². The lowest BCUT2D eigenvalue weighted by Crippen LogP contribution is -2.49. The van der Waals surface area contributed by atoms with Crippen molar-refractivity contribution in [1.82, 2.24) is 0 Å². The highest BCUT2D eigenvalue weighted by Crippen LogP contribution is 2.34. The van der Waals surface area contributed by atoms with Gasteiger partial charge >= 0.3 is 5.97 Å². The summed E-state index contributed by atoms with van der Waals surface area (Å²) in [4.78, 5) is 11.5. The molecule has 4 N–H and O–H groups in total. The summed E-state index contributed by atoms with van der Waals surface area (Å²) >= 11 is 4.34. The van der Waals surface area contributed by atoms with E-state index in [-0.39, 0.29) is 12.2 Å². The normalized spacial score (nSPS) is 13.3. The molecule has 0 fully saturated rings. The van der Waals surface area contributed by atoms with Crippen LogP contribution in [0.3, 0.4) is 0 Å². The second-order valence-corrected chi connectivity index (χ2v) is 8.20. The number of phenolic OH excluding ortho intramolecular Hbond substituents is 1. The molecule has 134 valence electrons. The average Bonchev–Trinajstić information content (AvgIpc) is 2.52. The first-order valence-electron chi connectivity index (χ1n) is 7.72. The fourth-order valence-electron chi connectivity index (χ4n) is 2.53. The number of nitrogens with two attached hydrogens (primary N) is 1. The Morgan fingerprint density at radius 3 is 2.24 bits per heavy atom. The van der Waals surface area contributed by atoms with Crippen molar-refractivity contribution in [3.63, 3.8) is 0 Å². The van der Waals surface area contributed by atoms with E-state index in [0.717, 1.165) is 12.7 Å². The van der Waals surface area contributed by atoms with Crippen molar-refractivity contribution in [3.05, 3.63) is 49.1 Å². The van der Waals surface area contributed by atoms with Gasteiger partial charge in [0.15, 0.2) is 5.75 Å². The molecule has 0 aliphatic carbocycles. The number of rotatable bonds is 7. The van der Waals surface area contributed by atoms with E-state index < -0.39 is 11.5 Å². The van der Waals surface area contributed by atoms with Crippen LogP contribution in [-0.4, -0.2) is 21.7 Å². The number of aliphatic carboxylic acids is 1. The van der Waals surface area contributed by atoms with E-state index in [9.17, 15) is 15.0 Å². The molecule has 0 heterocycles. The van der Waals surface area contributed by atoms with Gasteiger partial charge in [0.1, 0.15) is 17.0 Å². The Hall–Kier alpha value is -1.07. The molecule has 2 aromatic carbocycles. The minimum atomic E-state index is -1.26. The standard InChI is InChI=1S/C18H19I2NO4/c1-2-7-18(21,17(23)24)10-11-8-14(19)16(15(20)9-11)25-13-5-3-12(22)4-6-13/h3-6,8-9,22H,2,7,10,21H2,1H3,(H,23,24)/t18-/m0/s1. The molecule has 0 radical (unpaired) electrons. The Balaban J connectivity index is 2.27. The van der Waals surface area contributed by atoms with Crippen molar-refractivity contribution in [2.45, 2.75) is 31.7 Å². The number of aromatic hydroxyl groups is 1.